The average molecular weight is 418 g/mol. The van der Waals surface area contributed by atoms with Crippen molar-refractivity contribution in [3.63, 3.8) is 0 Å². The van der Waals surface area contributed by atoms with Crippen molar-refractivity contribution >= 4 is 38.6 Å². The van der Waals surface area contributed by atoms with Crippen LogP contribution in [0.25, 0.3) is 33.7 Å². The lowest BCUT2D eigenvalue weighted by Gasteiger charge is -2.07. The van der Waals surface area contributed by atoms with Gasteiger partial charge in [-0.3, -0.25) is 4.98 Å². The van der Waals surface area contributed by atoms with E-state index in [2.05, 4.69) is 35.9 Å². The molecule has 3 heterocycles. The summed E-state index contributed by atoms with van der Waals surface area (Å²) in [5, 5.41) is 0.491. The van der Waals surface area contributed by atoms with Gasteiger partial charge >= 0.3 is 0 Å². The van der Waals surface area contributed by atoms with Gasteiger partial charge in [0.15, 0.2) is 0 Å². The summed E-state index contributed by atoms with van der Waals surface area (Å²) in [6.45, 7) is 1.76. The Morgan fingerprint density at radius 3 is 2.80 bits per heavy atom. The highest BCUT2D eigenvalue weighted by Gasteiger charge is 2.17. The van der Waals surface area contributed by atoms with E-state index < -0.39 is 0 Å². The van der Waals surface area contributed by atoms with Crippen molar-refractivity contribution in [2.45, 2.75) is 6.92 Å². The summed E-state index contributed by atoms with van der Waals surface area (Å²) >= 11 is 9.56. The number of H-pyrrole nitrogens is 1. The van der Waals surface area contributed by atoms with Gasteiger partial charge in [-0.2, -0.15) is 0 Å². The molecule has 0 fully saturated rings. The highest BCUT2D eigenvalue weighted by atomic mass is 79.9. The maximum Gasteiger partial charge on any atom is 0.133 e. The van der Waals surface area contributed by atoms with E-state index in [0.29, 0.717) is 33.2 Å². The summed E-state index contributed by atoms with van der Waals surface area (Å²) in [6, 6.07) is 8.57. The smallest absolute Gasteiger partial charge is 0.133 e. The highest BCUT2D eigenvalue weighted by molar-refractivity contribution is 9.10. The van der Waals surface area contributed by atoms with Crippen molar-refractivity contribution in [3.05, 3.63) is 63.7 Å². The van der Waals surface area contributed by atoms with Gasteiger partial charge in [-0.1, -0.05) is 11.6 Å². The molecule has 0 radical (unpaired) electrons. The molecule has 25 heavy (non-hydrogen) atoms. The number of hydrogen-bond acceptors (Lipinski definition) is 3. The van der Waals surface area contributed by atoms with Crippen LogP contribution in [0.2, 0.25) is 5.02 Å². The number of fused-ring (bicyclic) bond motifs is 1. The van der Waals surface area contributed by atoms with Gasteiger partial charge in [-0.05, 0) is 58.7 Å². The molecule has 0 saturated carbocycles. The van der Waals surface area contributed by atoms with E-state index in [-0.39, 0.29) is 5.82 Å². The van der Waals surface area contributed by atoms with Crippen LogP contribution in [0.5, 0.6) is 0 Å². The normalized spacial score (nSPS) is 11.2. The fourth-order valence-electron chi connectivity index (χ4n) is 2.64. The number of benzene rings is 1. The van der Waals surface area contributed by atoms with Gasteiger partial charge in [-0.25, -0.2) is 14.4 Å². The minimum absolute atomic E-state index is 0.334. The van der Waals surface area contributed by atoms with Gasteiger partial charge in [0.2, 0.25) is 0 Å². The van der Waals surface area contributed by atoms with Crippen molar-refractivity contribution in [3.8, 4) is 22.6 Å². The predicted octanol–water partition coefficient (Wildman–Crippen LogP) is 5.55. The zero-order valence-corrected chi connectivity index (χ0v) is 15.4. The first-order valence-corrected chi connectivity index (χ1v) is 8.62. The molecule has 0 spiro atoms. The molecular formula is C18H11BrClFN4. The number of imidazole rings is 1. The van der Waals surface area contributed by atoms with Crippen LogP contribution < -0.4 is 0 Å². The fourth-order valence-corrected chi connectivity index (χ4v) is 3.13. The maximum absolute atomic E-state index is 14.4. The third-order valence-electron chi connectivity index (χ3n) is 3.90. The van der Waals surface area contributed by atoms with Crippen LogP contribution in [0.1, 0.15) is 5.56 Å². The van der Waals surface area contributed by atoms with Crippen LogP contribution in [-0.2, 0) is 0 Å². The largest absolute Gasteiger partial charge is 0.343 e. The fraction of sp³-hybridized carbons (Fsp3) is 0.0556. The van der Waals surface area contributed by atoms with E-state index in [9.17, 15) is 4.39 Å². The summed E-state index contributed by atoms with van der Waals surface area (Å²) < 4.78 is 15.3. The summed E-state index contributed by atoms with van der Waals surface area (Å²) in [5.41, 5.74) is 4.26. The van der Waals surface area contributed by atoms with Crippen LogP contribution >= 0.6 is 27.5 Å². The zero-order chi connectivity index (χ0) is 17.6. The predicted molar refractivity (Wildman–Crippen MR) is 100.0 cm³/mol. The molecule has 1 N–H and O–H groups in total. The Hall–Kier alpha value is -2.31. The second kappa shape index (κ2) is 6.20. The Labute approximate surface area is 156 Å². The van der Waals surface area contributed by atoms with E-state index in [1.54, 1.807) is 19.2 Å². The van der Waals surface area contributed by atoms with Crippen LogP contribution in [0.3, 0.4) is 0 Å². The number of aromatic amines is 1. The Balaban J connectivity index is 1.89. The van der Waals surface area contributed by atoms with Gasteiger partial charge in [0.05, 0.1) is 28.7 Å². The number of nitrogens with one attached hydrogen (secondary N) is 1. The summed E-state index contributed by atoms with van der Waals surface area (Å²) in [6.07, 6.45) is 3.23. The van der Waals surface area contributed by atoms with Crippen molar-refractivity contribution < 1.29 is 4.39 Å². The van der Waals surface area contributed by atoms with Crippen LogP contribution in [0.15, 0.2) is 47.3 Å². The van der Waals surface area contributed by atoms with E-state index in [4.69, 9.17) is 11.6 Å². The molecule has 4 nitrogen and oxygen atoms in total. The molecule has 0 aliphatic heterocycles. The first-order chi connectivity index (χ1) is 12.0. The summed E-state index contributed by atoms with van der Waals surface area (Å²) in [7, 11) is 0. The second-order valence-corrected chi connectivity index (χ2v) is 6.92. The van der Waals surface area contributed by atoms with E-state index in [1.165, 1.54) is 12.4 Å². The molecule has 4 rings (SSSR count). The Morgan fingerprint density at radius 1 is 1.12 bits per heavy atom. The van der Waals surface area contributed by atoms with Gasteiger partial charge < -0.3 is 4.98 Å². The van der Waals surface area contributed by atoms with Crippen molar-refractivity contribution in [1.29, 1.82) is 0 Å². The summed E-state index contributed by atoms with van der Waals surface area (Å²) in [5.74, 6) is -0.375. The zero-order valence-electron chi connectivity index (χ0n) is 13.0. The van der Waals surface area contributed by atoms with Gasteiger partial charge in [-0.15, -0.1) is 0 Å². The number of aryl methyl sites for hydroxylation is 1. The van der Waals surface area contributed by atoms with E-state index in [1.807, 2.05) is 18.2 Å². The molecule has 0 amide bonds. The van der Waals surface area contributed by atoms with Gasteiger partial charge in [0.25, 0.3) is 0 Å². The average Bonchev–Trinajstić information content (AvgIpc) is 3.07. The van der Waals surface area contributed by atoms with Gasteiger partial charge in [0.1, 0.15) is 11.5 Å². The number of pyridine rings is 2. The molecule has 3 aromatic heterocycles. The topological polar surface area (TPSA) is 54.5 Å². The van der Waals surface area contributed by atoms with Crippen LogP contribution in [-0.4, -0.2) is 19.9 Å². The first kappa shape index (κ1) is 16.2. The molecule has 0 aliphatic carbocycles. The third kappa shape index (κ3) is 2.92. The molecule has 1 aromatic carbocycles. The lowest BCUT2D eigenvalue weighted by Crippen LogP contribution is -1.93. The highest BCUT2D eigenvalue weighted by Crippen LogP contribution is 2.33. The molecule has 0 aliphatic rings. The van der Waals surface area contributed by atoms with E-state index >= 15 is 0 Å². The minimum Gasteiger partial charge on any atom is -0.343 e. The number of nitrogens with zero attached hydrogens (tertiary/aromatic N) is 3. The standard InChI is InChI=1S/C18H11BrClFN4/c1-9-4-13(21)11(6-12(9)20)17-18(24-8-23-17)15-3-2-14-16(25-15)5-10(19)7-22-14/h2-8H,1H3,(H,23,24). The lowest BCUT2D eigenvalue weighted by atomic mass is 10.1. The van der Waals surface area contributed by atoms with Crippen molar-refractivity contribution in [2.75, 3.05) is 0 Å². The van der Waals surface area contributed by atoms with Gasteiger partial charge in [0, 0.05) is 21.3 Å². The second-order valence-electron chi connectivity index (χ2n) is 5.60. The number of hydrogen-bond donors (Lipinski definition) is 1. The lowest BCUT2D eigenvalue weighted by molar-refractivity contribution is 0.629. The maximum atomic E-state index is 14.4. The monoisotopic (exact) mass is 416 g/mol. The first-order valence-electron chi connectivity index (χ1n) is 7.45. The molecule has 4 aromatic rings. The van der Waals surface area contributed by atoms with Crippen molar-refractivity contribution in [1.82, 2.24) is 19.9 Å². The molecule has 124 valence electrons. The SMILES string of the molecule is Cc1cc(F)c(-c2nc[nH]c2-c2ccc3ncc(Br)cc3n2)cc1Cl. The van der Waals surface area contributed by atoms with Crippen LogP contribution in [0, 0.1) is 12.7 Å². The summed E-state index contributed by atoms with van der Waals surface area (Å²) in [4.78, 5) is 16.2. The molecular weight excluding hydrogens is 407 g/mol. The third-order valence-corrected chi connectivity index (χ3v) is 4.74. The molecule has 0 saturated heterocycles. The van der Waals surface area contributed by atoms with E-state index in [0.717, 1.165) is 15.5 Å². The number of rotatable bonds is 2. The van der Waals surface area contributed by atoms with Crippen molar-refractivity contribution in [2.24, 2.45) is 0 Å². The molecule has 0 atom stereocenters. The molecule has 0 unspecified atom stereocenters. The Bertz CT molecular complexity index is 1110. The minimum atomic E-state index is -0.375. The Kier molecular flexibility index (Phi) is 4.01. The van der Waals surface area contributed by atoms with Crippen LogP contribution in [0.4, 0.5) is 4.39 Å². The quantitative estimate of drug-likeness (QED) is 0.465. The molecule has 0 bridgehead atoms. The number of halogens is 3. The number of aromatic nitrogens is 4. The Morgan fingerprint density at radius 2 is 1.96 bits per heavy atom. The molecule has 7 heteroatoms.